The molecule has 0 bridgehead atoms. The molecular weight excluding hydrogens is 261 g/mol. The Morgan fingerprint density at radius 1 is 1.25 bits per heavy atom. The van der Waals surface area contributed by atoms with Crippen LogP contribution in [-0.4, -0.2) is 22.4 Å². The van der Waals surface area contributed by atoms with E-state index in [1.54, 1.807) is 0 Å². The molecule has 1 aliphatic rings. The Kier molecular flexibility index (Phi) is 3.83. The number of halogens is 1. The lowest BCUT2D eigenvalue weighted by Gasteiger charge is -2.29. The molecule has 0 aliphatic heterocycles. The van der Waals surface area contributed by atoms with Crippen molar-refractivity contribution in [2.24, 2.45) is 15.7 Å². The topological polar surface area (TPSA) is 74.0 Å². The monoisotopic (exact) mass is 277 g/mol. The molecule has 1 aromatic rings. The Balaban J connectivity index is 2.20. The second-order valence-corrected chi connectivity index (χ2v) is 5.57. The van der Waals surface area contributed by atoms with Gasteiger partial charge in [-0.25, -0.2) is 4.39 Å². The minimum atomic E-state index is -0.351. The number of benzene rings is 1. The lowest BCUT2D eigenvalue weighted by atomic mass is 9.75. The zero-order chi connectivity index (χ0) is 14.8. The number of rotatable bonds is 2. The van der Waals surface area contributed by atoms with E-state index in [0.717, 1.165) is 0 Å². The summed E-state index contributed by atoms with van der Waals surface area (Å²) in [6.45, 7) is 3.86. The maximum Gasteiger partial charge on any atom is 0.185 e. The predicted octanol–water partition coefficient (Wildman–Crippen LogP) is 2.81. The van der Waals surface area contributed by atoms with Crippen molar-refractivity contribution in [3.05, 3.63) is 30.1 Å². The maximum absolute atomic E-state index is 12.8. The molecule has 0 spiro atoms. The smallest absolute Gasteiger partial charge is 0.185 e. The average molecular weight is 277 g/mol. The number of carbonyl (C=O) groups excluding carboxylic acids is 1. The molecule has 6 heteroatoms. The van der Waals surface area contributed by atoms with Gasteiger partial charge in [-0.15, -0.1) is 0 Å². The van der Waals surface area contributed by atoms with Crippen LogP contribution in [0.2, 0.25) is 0 Å². The fourth-order valence-corrected chi connectivity index (χ4v) is 2.13. The van der Waals surface area contributed by atoms with Crippen molar-refractivity contribution in [1.29, 1.82) is 0 Å². The fourth-order valence-electron chi connectivity index (χ4n) is 2.13. The number of anilines is 1. The van der Waals surface area contributed by atoms with Gasteiger partial charge in [0.15, 0.2) is 11.5 Å². The van der Waals surface area contributed by atoms with Crippen LogP contribution in [0.3, 0.4) is 0 Å². The first kappa shape index (κ1) is 14.2. The van der Waals surface area contributed by atoms with Crippen LogP contribution in [0.4, 0.5) is 10.1 Å². The Morgan fingerprint density at radius 2 is 1.90 bits per heavy atom. The molecule has 20 heavy (non-hydrogen) atoms. The van der Waals surface area contributed by atoms with Crippen molar-refractivity contribution in [1.82, 2.24) is 0 Å². The second-order valence-electron chi connectivity index (χ2n) is 5.57. The molecule has 1 saturated carbocycles. The van der Waals surface area contributed by atoms with Crippen molar-refractivity contribution in [3.8, 4) is 0 Å². The Labute approximate surface area is 116 Å². The molecule has 0 amide bonds. The van der Waals surface area contributed by atoms with Gasteiger partial charge in [0.2, 0.25) is 0 Å². The molecule has 106 valence electrons. The first-order valence-corrected chi connectivity index (χ1v) is 6.25. The minimum Gasteiger partial charge on any atom is -0.411 e. The molecular formula is C14H16FN3O2. The summed E-state index contributed by atoms with van der Waals surface area (Å²) in [7, 11) is 0. The molecule has 0 radical (unpaired) electrons. The first-order valence-electron chi connectivity index (χ1n) is 6.25. The molecule has 1 aliphatic carbocycles. The fraction of sp³-hybridized carbons (Fsp3) is 0.357. The first-order chi connectivity index (χ1) is 9.41. The summed E-state index contributed by atoms with van der Waals surface area (Å²) in [5.41, 5.74) is 3.37. The van der Waals surface area contributed by atoms with Crippen LogP contribution in [0, 0.1) is 11.2 Å². The van der Waals surface area contributed by atoms with E-state index < -0.39 is 0 Å². The molecule has 0 aromatic heterocycles. The standard InChI is InChI=1S/C14H16FN3O2/c1-14(2)7-11(18-20)13(12(19)8-14)17-16-10-5-3-9(15)4-6-10/h3-6,16,20H,7-8H2,1-2H3/b17-13+,18-11+. The third-order valence-electron chi connectivity index (χ3n) is 3.08. The van der Waals surface area contributed by atoms with E-state index in [1.165, 1.54) is 24.3 Å². The number of Topliss-reactive ketones (excluding diaryl/α,β-unsaturated/α-hetero) is 1. The summed E-state index contributed by atoms with van der Waals surface area (Å²) in [6, 6.07) is 5.59. The summed E-state index contributed by atoms with van der Waals surface area (Å²) in [5.74, 6) is -0.528. The highest BCUT2D eigenvalue weighted by atomic mass is 19.1. The molecule has 2 rings (SSSR count). The molecule has 1 fully saturated rings. The van der Waals surface area contributed by atoms with Crippen LogP contribution in [-0.2, 0) is 4.79 Å². The maximum atomic E-state index is 12.8. The van der Waals surface area contributed by atoms with Gasteiger partial charge in [-0.3, -0.25) is 10.2 Å². The molecule has 0 saturated heterocycles. The molecule has 0 unspecified atom stereocenters. The SMILES string of the molecule is CC1(C)CC(=O)C(=N/Nc2ccc(F)cc2)/C(=N/O)C1. The average Bonchev–Trinajstić information content (AvgIpc) is 2.38. The number of hydrazone groups is 1. The van der Waals surface area contributed by atoms with Gasteiger partial charge in [0, 0.05) is 12.8 Å². The number of nitrogens with one attached hydrogen (secondary N) is 1. The number of carbonyl (C=O) groups is 1. The van der Waals surface area contributed by atoms with Gasteiger partial charge >= 0.3 is 0 Å². The number of nitrogens with zero attached hydrogens (tertiary/aromatic N) is 2. The van der Waals surface area contributed by atoms with E-state index in [-0.39, 0.29) is 28.4 Å². The normalized spacial score (nSPS) is 22.2. The second kappa shape index (κ2) is 5.40. The quantitative estimate of drug-likeness (QED) is 0.644. The largest absolute Gasteiger partial charge is 0.411 e. The summed E-state index contributed by atoms with van der Waals surface area (Å²) in [5, 5.41) is 16.2. The van der Waals surface area contributed by atoms with Gasteiger partial charge in [0.25, 0.3) is 0 Å². The van der Waals surface area contributed by atoms with Crippen molar-refractivity contribution in [2.45, 2.75) is 26.7 Å². The molecule has 0 heterocycles. The highest BCUT2D eigenvalue weighted by Crippen LogP contribution is 2.31. The van der Waals surface area contributed by atoms with Gasteiger partial charge in [0.1, 0.15) is 11.5 Å². The van der Waals surface area contributed by atoms with Gasteiger partial charge in [-0.05, 0) is 29.7 Å². The van der Waals surface area contributed by atoms with Crippen LogP contribution in [0.1, 0.15) is 26.7 Å². The molecule has 1 aromatic carbocycles. The Hall–Kier alpha value is -2.24. The highest BCUT2D eigenvalue weighted by molar-refractivity contribution is 6.68. The zero-order valence-electron chi connectivity index (χ0n) is 11.4. The number of hydrogen-bond donors (Lipinski definition) is 2. The number of hydrogen-bond acceptors (Lipinski definition) is 5. The summed E-state index contributed by atoms with van der Waals surface area (Å²) < 4.78 is 12.8. The number of ketones is 1. The summed E-state index contributed by atoms with van der Waals surface area (Å²) in [4.78, 5) is 12.0. The van der Waals surface area contributed by atoms with Gasteiger partial charge in [-0.1, -0.05) is 19.0 Å². The lowest BCUT2D eigenvalue weighted by Crippen LogP contribution is -2.38. The van der Waals surface area contributed by atoms with Crippen LogP contribution >= 0.6 is 0 Å². The van der Waals surface area contributed by atoms with Crippen molar-refractivity contribution in [3.63, 3.8) is 0 Å². The minimum absolute atomic E-state index is 0.121. The van der Waals surface area contributed by atoms with Crippen molar-refractivity contribution in [2.75, 3.05) is 5.43 Å². The van der Waals surface area contributed by atoms with Crippen LogP contribution < -0.4 is 5.43 Å². The van der Waals surface area contributed by atoms with E-state index in [1.807, 2.05) is 13.8 Å². The van der Waals surface area contributed by atoms with Crippen LogP contribution in [0.25, 0.3) is 0 Å². The third kappa shape index (κ3) is 3.20. The number of oxime groups is 1. The summed E-state index contributed by atoms with van der Waals surface area (Å²) >= 11 is 0. The van der Waals surface area contributed by atoms with E-state index >= 15 is 0 Å². The lowest BCUT2D eigenvalue weighted by molar-refractivity contribution is -0.114. The molecule has 2 N–H and O–H groups in total. The van der Waals surface area contributed by atoms with Gasteiger partial charge in [0.05, 0.1) is 5.69 Å². The highest BCUT2D eigenvalue weighted by Gasteiger charge is 2.36. The van der Waals surface area contributed by atoms with Gasteiger partial charge < -0.3 is 5.21 Å². The zero-order valence-corrected chi connectivity index (χ0v) is 11.4. The van der Waals surface area contributed by atoms with Crippen LogP contribution in [0.15, 0.2) is 34.5 Å². The predicted molar refractivity (Wildman–Crippen MR) is 74.7 cm³/mol. The van der Waals surface area contributed by atoms with Gasteiger partial charge in [-0.2, -0.15) is 5.10 Å². The van der Waals surface area contributed by atoms with Crippen molar-refractivity contribution < 1.29 is 14.4 Å². The third-order valence-corrected chi connectivity index (χ3v) is 3.08. The molecule has 5 nitrogen and oxygen atoms in total. The van der Waals surface area contributed by atoms with Crippen LogP contribution in [0.5, 0.6) is 0 Å². The van der Waals surface area contributed by atoms with E-state index in [9.17, 15) is 9.18 Å². The van der Waals surface area contributed by atoms with E-state index in [2.05, 4.69) is 15.7 Å². The van der Waals surface area contributed by atoms with Crippen molar-refractivity contribution >= 4 is 22.9 Å². The summed E-state index contributed by atoms with van der Waals surface area (Å²) in [6.07, 6.45) is 0.815. The van der Waals surface area contributed by atoms with E-state index in [0.29, 0.717) is 18.5 Å². The molecule has 0 atom stereocenters. The Bertz CT molecular complexity index is 577. The van der Waals surface area contributed by atoms with E-state index in [4.69, 9.17) is 5.21 Å². The Morgan fingerprint density at radius 3 is 2.50 bits per heavy atom.